The van der Waals surface area contributed by atoms with Crippen LogP contribution in [0.15, 0.2) is 59.9 Å². The maximum absolute atomic E-state index is 13.0. The fraction of sp³-hybridized carbons (Fsp3) is 0.250. The van der Waals surface area contributed by atoms with Crippen molar-refractivity contribution in [1.29, 1.82) is 0 Å². The summed E-state index contributed by atoms with van der Waals surface area (Å²) in [4.78, 5) is 25.3. The van der Waals surface area contributed by atoms with Crippen molar-refractivity contribution in [3.05, 3.63) is 76.6 Å². The van der Waals surface area contributed by atoms with Gasteiger partial charge in [-0.15, -0.1) is 0 Å². The Hall–Kier alpha value is -3.74. The van der Waals surface area contributed by atoms with Gasteiger partial charge in [0.2, 0.25) is 11.4 Å². The van der Waals surface area contributed by atoms with Crippen molar-refractivity contribution in [1.82, 2.24) is 5.32 Å². The van der Waals surface area contributed by atoms with Crippen LogP contribution in [0, 0.1) is 0 Å². The first-order valence-electron chi connectivity index (χ1n) is 9.80. The summed E-state index contributed by atoms with van der Waals surface area (Å²) in [5, 5.41) is 32.8. The van der Waals surface area contributed by atoms with Gasteiger partial charge in [-0.1, -0.05) is 35.9 Å². The van der Waals surface area contributed by atoms with E-state index in [2.05, 4.69) is 5.32 Å². The second-order valence-corrected chi connectivity index (χ2v) is 7.69. The minimum absolute atomic E-state index is 0.00192. The maximum atomic E-state index is 13.0. The number of carbonyl (C=O) groups is 2. The number of nitrogens with one attached hydrogen (secondary N) is 1. The van der Waals surface area contributed by atoms with E-state index in [4.69, 9.17) is 4.74 Å². The molecule has 7 nitrogen and oxygen atoms in total. The molecule has 1 aliphatic heterocycles. The van der Waals surface area contributed by atoms with E-state index >= 15 is 0 Å². The number of aliphatic hydroxyl groups excluding tert-OH is 1. The lowest BCUT2D eigenvalue weighted by Gasteiger charge is -2.29. The topological polar surface area (TPSA) is 116 Å². The van der Waals surface area contributed by atoms with Crippen LogP contribution in [0.1, 0.15) is 30.5 Å². The molecule has 1 aliphatic rings. The van der Waals surface area contributed by atoms with Gasteiger partial charge in [-0.3, -0.25) is 4.79 Å². The van der Waals surface area contributed by atoms with Gasteiger partial charge >= 0.3 is 5.97 Å². The summed E-state index contributed by atoms with van der Waals surface area (Å²) in [5.74, 6) is -2.14. The molecule has 0 fully saturated rings. The lowest BCUT2D eigenvalue weighted by atomic mass is 9.82. The van der Waals surface area contributed by atoms with E-state index in [0.717, 1.165) is 5.57 Å². The number of carbonyl (C=O) groups excluding carboxylic acids is 2. The molecule has 7 heteroatoms. The predicted molar refractivity (Wildman–Crippen MR) is 115 cm³/mol. The Morgan fingerprint density at radius 1 is 1.10 bits per heavy atom. The maximum Gasteiger partial charge on any atom is 0.375 e. The minimum Gasteiger partial charge on any atom is -0.508 e. The molecule has 1 amide bonds. The van der Waals surface area contributed by atoms with Crippen LogP contribution >= 0.6 is 0 Å². The molecule has 3 rings (SSSR count). The molecule has 0 radical (unpaired) electrons. The zero-order valence-corrected chi connectivity index (χ0v) is 17.6. The number of ether oxygens (including phenoxy) is 1. The normalized spacial score (nSPS) is 18.0. The second kappa shape index (κ2) is 8.55. The number of benzene rings is 2. The van der Waals surface area contributed by atoms with E-state index in [9.17, 15) is 24.9 Å². The van der Waals surface area contributed by atoms with Crippen molar-refractivity contribution < 1.29 is 29.6 Å². The van der Waals surface area contributed by atoms with Gasteiger partial charge in [-0.05, 0) is 55.2 Å². The molecule has 4 N–H and O–H groups in total. The largest absolute Gasteiger partial charge is 0.508 e. The van der Waals surface area contributed by atoms with E-state index in [1.165, 1.54) is 37.4 Å². The van der Waals surface area contributed by atoms with E-state index < -0.39 is 23.2 Å². The third kappa shape index (κ3) is 4.26. The summed E-state index contributed by atoms with van der Waals surface area (Å²) in [6.45, 7) is 3.91. The molecule has 2 aromatic carbocycles. The molecular weight excluding hydrogens is 398 g/mol. The van der Waals surface area contributed by atoms with Crippen molar-refractivity contribution in [2.45, 2.75) is 32.3 Å². The van der Waals surface area contributed by atoms with E-state index in [1.807, 2.05) is 19.9 Å². The highest BCUT2D eigenvalue weighted by molar-refractivity contribution is 6.12. The molecule has 162 valence electrons. The van der Waals surface area contributed by atoms with Gasteiger partial charge in [0.15, 0.2) is 0 Å². The van der Waals surface area contributed by atoms with Crippen LogP contribution < -0.4 is 5.32 Å². The number of aliphatic hydroxyl groups is 1. The van der Waals surface area contributed by atoms with E-state index in [-0.39, 0.29) is 23.5 Å². The van der Waals surface area contributed by atoms with Gasteiger partial charge in [0.25, 0.3) is 5.91 Å². The van der Waals surface area contributed by atoms with Gasteiger partial charge in [0.1, 0.15) is 11.5 Å². The first-order chi connectivity index (χ1) is 14.7. The SMILES string of the molecule is CNC(=O)C1(Cc2ccc(O)c(CC=C(C)C)c2)OC(=O)C(O)=C1c1ccc(O)cc1. The molecule has 2 aromatic rings. The van der Waals surface area contributed by atoms with Gasteiger partial charge in [-0.25, -0.2) is 4.79 Å². The first kappa shape index (κ1) is 22.0. The number of phenolic OH excluding ortho intramolecular Hbond substituents is 2. The van der Waals surface area contributed by atoms with Crippen molar-refractivity contribution in [2.24, 2.45) is 0 Å². The zero-order valence-electron chi connectivity index (χ0n) is 17.6. The summed E-state index contributed by atoms with van der Waals surface area (Å²) >= 11 is 0. The molecule has 0 aliphatic carbocycles. The zero-order chi connectivity index (χ0) is 22.8. The van der Waals surface area contributed by atoms with Crippen LogP contribution in [-0.4, -0.2) is 39.8 Å². The van der Waals surface area contributed by atoms with Gasteiger partial charge < -0.3 is 25.4 Å². The van der Waals surface area contributed by atoms with Crippen molar-refractivity contribution in [3.8, 4) is 11.5 Å². The summed E-state index contributed by atoms with van der Waals surface area (Å²) in [6.07, 6.45) is 2.41. The molecule has 0 saturated carbocycles. The smallest absolute Gasteiger partial charge is 0.375 e. The summed E-state index contributed by atoms with van der Waals surface area (Å²) in [7, 11) is 1.42. The van der Waals surface area contributed by atoms with Gasteiger partial charge in [0.05, 0.1) is 5.57 Å². The Morgan fingerprint density at radius 2 is 1.77 bits per heavy atom. The lowest BCUT2D eigenvalue weighted by Crippen LogP contribution is -2.49. The number of cyclic esters (lactones) is 1. The molecule has 1 atom stereocenters. The van der Waals surface area contributed by atoms with Gasteiger partial charge in [-0.2, -0.15) is 0 Å². The summed E-state index contributed by atoms with van der Waals surface area (Å²) in [5.41, 5.74) is 0.979. The third-order valence-corrected chi connectivity index (χ3v) is 5.18. The fourth-order valence-electron chi connectivity index (χ4n) is 3.63. The monoisotopic (exact) mass is 423 g/mol. The third-order valence-electron chi connectivity index (χ3n) is 5.18. The summed E-state index contributed by atoms with van der Waals surface area (Å²) < 4.78 is 5.47. The second-order valence-electron chi connectivity index (χ2n) is 7.69. The highest BCUT2D eigenvalue weighted by atomic mass is 16.6. The van der Waals surface area contributed by atoms with Crippen LogP contribution in [0.25, 0.3) is 5.57 Å². The number of hydrogen-bond donors (Lipinski definition) is 4. The Balaban J connectivity index is 2.11. The summed E-state index contributed by atoms with van der Waals surface area (Å²) in [6, 6.07) is 10.7. The van der Waals surface area contributed by atoms with Crippen LogP contribution in [0.4, 0.5) is 0 Å². The lowest BCUT2D eigenvalue weighted by molar-refractivity contribution is -0.156. The van der Waals surface area contributed by atoms with Gasteiger partial charge in [0, 0.05) is 13.5 Å². The number of likely N-dealkylation sites (N-methyl/N-ethyl adjacent to an activating group) is 1. The molecule has 31 heavy (non-hydrogen) atoms. The molecule has 0 spiro atoms. The van der Waals surface area contributed by atoms with Crippen molar-refractivity contribution in [2.75, 3.05) is 7.05 Å². The fourth-order valence-corrected chi connectivity index (χ4v) is 3.63. The van der Waals surface area contributed by atoms with Crippen molar-refractivity contribution in [3.63, 3.8) is 0 Å². The molecule has 0 aromatic heterocycles. The number of amides is 1. The van der Waals surface area contributed by atoms with E-state index in [1.54, 1.807) is 12.1 Å². The van der Waals surface area contributed by atoms with Crippen LogP contribution in [0.2, 0.25) is 0 Å². The van der Waals surface area contributed by atoms with Crippen LogP contribution in [0.5, 0.6) is 11.5 Å². The Morgan fingerprint density at radius 3 is 2.39 bits per heavy atom. The highest BCUT2D eigenvalue weighted by Gasteiger charge is 2.54. The van der Waals surface area contributed by atoms with Crippen LogP contribution in [0.3, 0.4) is 0 Å². The Labute approximate surface area is 180 Å². The molecule has 1 heterocycles. The van der Waals surface area contributed by atoms with Crippen LogP contribution in [-0.2, 0) is 27.2 Å². The number of aromatic hydroxyl groups is 2. The first-order valence-corrected chi connectivity index (χ1v) is 9.80. The standard InChI is InChI=1S/C24H25NO6/c1-14(2)4-6-17-12-15(5-11-19(17)27)13-24(23(30)25-3)20(21(28)22(29)31-24)16-7-9-18(26)10-8-16/h4-5,7-12,26-28H,6,13H2,1-3H3,(H,25,30). The molecule has 0 bridgehead atoms. The number of esters is 1. The number of allylic oxidation sites excluding steroid dienone is 2. The number of hydrogen-bond acceptors (Lipinski definition) is 6. The quantitative estimate of drug-likeness (QED) is 0.419. The molecule has 1 unspecified atom stereocenters. The highest BCUT2D eigenvalue weighted by Crippen LogP contribution is 2.42. The average molecular weight is 423 g/mol. The number of rotatable bonds is 6. The molecular formula is C24H25NO6. The average Bonchev–Trinajstić information content (AvgIpc) is 2.99. The number of phenols is 2. The Bertz CT molecular complexity index is 1080. The van der Waals surface area contributed by atoms with E-state index in [0.29, 0.717) is 23.1 Å². The Kier molecular flexibility index (Phi) is 6.06. The molecule has 0 saturated heterocycles. The minimum atomic E-state index is -1.81. The van der Waals surface area contributed by atoms with Crippen molar-refractivity contribution >= 4 is 17.4 Å². The predicted octanol–water partition coefficient (Wildman–Crippen LogP) is 3.16.